The molecule has 0 bridgehead atoms. The van der Waals surface area contributed by atoms with Crippen LogP contribution in [0.5, 0.6) is 0 Å². The van der Waals surface area contributed by atoms with E-state index in [-0.39, 0.29) is 0 Å². The van der Waals surface area contributed by atoms with Crippen molar-refractivity contribution in [2.24, 2.45) is 0 Å². The van der Waals surface area contributed by atoms with Gasteiger partial charge in [-0.15, -0.1) is 0 Å². The molecule has 0 atom stereocenters. The minimum Gasteiger partial charge on any atom is -0.0988 e. The van der Waals surface area contributed by atoms with E-state index in [9.17, 15) is 0 Å². The van der Waals surface area contributed by atoms with Gasteiger partial charge in [-0.1, -0.05) is 73.9 Å². The number of allylic oxidation sites excluding steroid dienone is 2. The van der Waals surface area contributed by atoms with Crippen LogP contribution in [0.25, 0.3) is 16.8 Å². The molecule has 0 nitrogen and oxygen atoms in total. The minimum atomic E-state index is 1.02. The number of hydrogen-bond donors (Lipinski definition) is 0. The van der Waals surface area contributed by atoms with E-state index in [0.29, 0.717) is 0 Å². The van der Waals surface area contributed by atoms with Crippen molar-refractivity contribution in [3.05, 3.63) is 79.4 Å². The second-order valence-electron chi connectivity index (χ2n) is 3.86. The standard InChI is InChI=1S/C12H10.C5H8/c1-2-10-7-8-11-5-3-4-6-12(11)9-10;1-4-5(2)3/h2-9H,1H2;4H,1-2H2,3H3. The zero-order valence-corrected chi connectivity index (χ0v) is 10.3. The molecule has 2 aromatic carbocycles. The number of fused-ring (bicyclic) bond motifs is 1. The van der Waals surface area contributed by atoms with E-state index in [2.05, 4.69) is 62.2 Å². The van der Waals surface area contributed by atoms with E-state index in [1.54, 1.807) is 6.08 Å². The third kappa shape index (κ3) is 4.12. The van der Waals surface area contributed by atoms with Crippen LogP contribution in [0.4, 0.5) is 0 Å². The van der Waals surface area contributed by atoms with Gasteiger partial charge in [-0.2, -0.15) is 0 Å². The molecule has 2 aromatic rings. The third-order valence-corrected chi connectivity index (χ3v) is 2.36. The van der Waals surface area contributed by atoms with Gasteiger partial charge in [0.05, 0.1) is 0 Å². The Labute approximate surface area is 104 Å². The Morgan fingerprint density at radius 2 is 1.59 bits per heavy atom. The molecular weight excluding hydrogens is 204 g/mol. The van der Waals surface area contributed by atoms with E-state index in [1.165, 1.54) is 16.3 Å². The molecule has 0 aliphatic rings. The van der Waals surface area contributed by atoms with E-state index in [0.717, 1.165) is 5.57 Å². The van der Waals surface area contributed by atoms with Crippen LogP contribution >= 0.6 is 0 Å². The van der Waals surface area contributed by atoms with Crippen LogP contribution in [-0.4, -0.2) is 0 Å². The summed E-state index contributed by atoms with van der Waals surface area (Å²) in [4.78, 5) is 0. The van der Waals surface area contributed by atoms with E-state index in [1.807, 2.05) is 13.0 Å². The molecule has 0 radical (unpaired) electrons. The molecule has 0 heterocycles. The summed E-state index contributed by atoms with van der Waals surface area (Å²) in [6, 6.07) is 14.7. The molecule has 0 fully saturated rings. The Morgan fingerprint density at radius 3 is 2.12 bits per heavy atom. The molecule has 0 amide bonds. The maximum absolute atomic E-state index is 3.74. The van der Waals surface area contributed by atoms with Gasteiger partial charge in [-0.05, 0) is 29.3 Å². The predicted octanol–water partition coefficient (Wildman–Crippen LogP) is 5.23. The van der Waals surface area contributed by atoms with Crippen LogP contribution in [0.2, 0.25) is 0 Å². The summed E-state index contributed by atoms with van der Waals surface area (Å²) < 4.78 is 0. The van der Waals surface area contributed by atoms with Crippen LogP contribution in [0.3, 0.4) is 0 Å². The second-order valence-corrected chi connectivity index (χ2v) is 3.86. The summed E-state index contributed by atoms with van der Waals surface area (Å²) in [5.74, 6) is 0. The lowest BCUT2D eigenvalue weighted by molar-refractivity contribution is 1.58. The zero-order chi connectivity index (χ0) is 12.7. The number of hydrogen-bond acceptors (Lipinski definition) is 0. The first-order valence-electron chi connectivity index (χ1n) is 5.56. The SMILES string of the molecule is C=CC(=C)C.C=Cc1ccc2ccccc2c1. The molecule has 0 saturated carbocycles. The smallest absolute Gasteiger partial charge is 0.0178 e. The topological polar surface area (TPSA) is 0 Å². The minimum absolute atomic E-state index is 1.02. The van der Waals surface area contributed by atoms with E-state index in [4.69, 9.17) is 0 Å². The highest BCUT2D eigenvalue weighted by Crippen LogP contribution is 2.15. The lowest BCUT2D eigenvalue weighted by Crippen LogP contribution is -1.73. The van der Waals surface area contributed by atoms with E-state index < -0.39 is 0 Å². The summed E-state index contributed by atoms with van der Waals surface area (Å²) in [5.41, 5.74) is 2.19. The fraction of sp³-hybridized carbons (Fsp3) is 0.0588. The quantitative estimate of drug-likeness (QED) is 0.610. The average Bonchev–Trinajstić information content (AvgIpc) is 2.38. The Bertz CT molecular complexity index is 532. The molecule has 0 unspecified atom stereocenters. The highest BCUT2D eigenvalue weighted by molar-refractivity contribution is 5.84. The Hall–Kier alpha value is -2.08. The second kappa shape index (κ2) is 6.49. The summed E-state index contributed by atoms with van der Waals surface area (Å²) in [6.07, 6.45) is 3.59. The summed E-state index contributed by atoms with van der Waals surface area (Å²) in [5, 5.41) is 2.55. The first-order valence-corrected chi connectivity index (χ1v) is 5.56. The predicted molar refractivity (Wildman–Crippen MR) is 79.1 cm³/mol. The molecule has 17 heavy (non-hydrogen) atoms. The van der Waals surface area contributed by atoms with Crippen molar-refractivity contribution in [2.75, 3.05) is 0 Å². The lowest BCUT2D eigenvalue weighted by atomic mass is 10.1. The van der Waals surface area contributed by atoms with Crippen LogP contribution in [0.15, 0.2) is 73.9 Å². The Kier molecular flexibility index (Phi) is 4.96. The fourth-order valence-electron chi connectivity index (χ4n) is 1.33. The van der Waals surface area contributed by atoms with Crippen molar-refractivity contribution in [1.82, 2.24) is 0 Å². The zero-order valence-electron chi connectivity index (χ0n) is 10.3. The van der Waals surface area contributed by atoms with Gasteiger partial charge >= 0.3 is 0 Å². The molecule has 0 saturated heterocycles. The highest BCUT2D eigenvalue weighted by atomic mass is 14.0. The average molecular weight is 222 g/mol. The fourth-order valence-corrected chi connectivity index (χ4v) is 1.33. The van der Waals surface area contributed by atoms with Crippen LogP contribution in [-0.2, 0) is 0 Å². The monoisotopic (exact) mass is 222 g/mol. The molecule has 0 aromatic heterocycles. The Balaban J connectivity index is 0.000000249. The molecule has 0 aliphatic carbocycles. The normalized spacial score (nSPS) is 9.00. The molecule has 86 valence electrons. The molecule has 0 heteroatoms. The van der Waals surface area contributed by atoms with Crippen LogP contribution in [0.1, 0.15) is 12.5 Å². The summed E-state index contributed by atoms with van der Waals surface area (Å²) >= 11 is 0. The van der Waals surface area contributed by atoms with Gasteiger partial charge in [-0.25, -0.2) is 0 Å². The third-order valence-electron chi connectivity index (χ3n) is 2.36. The lowest BCUT2D eigenvalue weighted by Gasteiger charge is -1.97. The molecule has 0 aliphatic heterocycles. The van der Waals surface area contributed by atoms with Crippen molar-refractivity contribution in [1.29, 1.82) is 0 Å². The van der Waals surface area contributed by atoms with Gasteiger partial charge < -0.3 is 0 Å². The van der Waals surface area contributed by atoms with Gasteiger partial charge in [0.25, 0.3) is 0 Å². The summed E-state index contributed by atoms with van der Waals surface area (Å²) in [6.45, 7) is 12.7. The maximum atomic E-state index is 3.74. The van der Waals surface area contributed by atoms with Crippen molar-refractivity contribution >= 4 is 16.8 Å². The first-order chi connectivity index (χ1) is 8.17. The Morgan fingerprint density at radius 1 is 1.00 bits per heavy atom. The molecule has 2 rings (SSSR count). The molecular formula is C17H18. The summed E-state index contributed by atoms with van der Waals surface area (Å²) in [7, 11) is 0. The van der Waals surface area contributed by atoms with Crippen molar-refractivity contribution < 1.29 is 0 Å². The van der Waals surface area contributed by atoms with Crippen molar-refractivity contribution in [2.45, 2.75) is 6.92 Å². The van der Waals surface area contributed by atoms with Crippen LogP contribution < -0.4 is 0 Å². The van der Waals surface area contributed by atoms with Crippen LogP contribution in [0, 0.1) is 0 Å². The van der Waals surface area contributed by atoms with Gasteiger partial charge in [0.2, 0.25) is 0 Å². The van der Waals surface area contributed by atoms with E-state index >= 15 is 0 Å². The van der Waals surface area contributed by atoms with Gasteiger partial charge in [0, 0.05) is 0 Å². The first kappa shape index (κ1) is 13.0. The van der Waals surface area contributed by atoms with Gasteiger partial charge in [-0.3, -0.25) is 0 Å². The van der Waals surface area contributed by atoms with Gasteiger partial charge in [0.15, 0.2) is 0 Å². The number of benzene rings is 2. The largest absolute Gasteiger partial charge is 0.0988 e. The highest BCUT2D eigenvalue weighted by Gasteiger charge is 1.90. The van der Waals surface area contributed by atoms with Crippen molar-refractivity contribution in [3.8, 4) is 0 Å². The molecule has 0 spiro atoms. The number of rotatable bonds is 2. The maximum Gasteiger partial charge on any atom is -0.0178 e. The van der Waals surface area contributed by atoms with Crippen molar-refractivity contribution in [3.63, 3.8) is 0 Å². The van der Waals surface area contributed by atoms with Gasteiger partial charge in [0.1, 0.15) is 0 Å². The molecule has 0 N–H and O–H groups in total.